The molecule has 82 valence electrons. The largest absolute Gasteiger partial charge is 0.385 e. The van der Waals surface area contributed by atoms with Gasteiger partial charge in [-0.2, -0.15) is 4.99 Å². The van der Waals surface area contributed by atoms with Crippen LogP contribution in [0.2, 0.25) is 0 Å². The Morgan fingerprint density at radius 1 is 1.38 bits per heavy atom. The maximum Gasteiger partial charge on any atom is 0.240 e. The number of para-hydroxylation sites is 1. The highest BCUT2D eigenvalue weighted by Crippen LogP contribution is 2.16. The number of nitrogens with zero attached hydrogens (tertiary/aromatic N) is 1. The van der Waals surface area contributed by atoms with Gasteiger partial charge in [0.15, 0.2) is 0 Å². The fraction of sp³-hybridized carbons (Fsp3) is 0.308. The van der Waals surface area contributed by atoms with E-state index in [9.17, 15) is 4.79 Å². The Labute approximate surface area is 95.2 Å². The molecule has 0 bridgehead atoms. The molecule has 16 heavy (non-hydrogen) atoms. The number of ether oxygens (including phenoxy) is 1. The smallest absolute Gasteiger partial charge is 0.240 e. The molecular weight excluding hydrogens is 202 g/mol. The summed E-state index contributed by atoms with van der Waals surface area (Å²) < 4.78 is 4.92. The first kappa shape index (κ1) is 12.2. The van der Waals surface area contributed by atoms with Crippen LogP contribution in [0.4, 0.5) is 5.69 Å². The standard InChI is InChI=1S/C13H13NO2/c1-16-10-6-2-3-7-12-8-4-5-9-13(12)14-11-15/h4-5,8-9H,2,6,10H2,1H3. The molecule has 0 atom stereocenters. The minimum Gasteiger partial charge on any atom is -0.385 e. The summed E-state index contributed by atoms with van der Waals surface area (Å²) in [6.07, 6.45) is 3.20. The number of methoxy groups -OCH3 is 1. The predicted octanol–water partition coefficient (Wildman–Crippen LogP) is 2.43. The van der Waals surface area contributed by atoms with Gasteiger partial charge < -0.3 is 4.74 Å². The number of unbranched alkanes of at least 4 members (excludes halogenated alkanes) is 1. The molecule has 3 heteroatoms. The van der Waals surface area contributed by atoms with Gasteiger partial charge in [-0.05, 0) is 18.6 Å². The lowest BCUT2D eigenvalue weighted by Gasteiger charge is -1.94. The highest BCUT2D eigenvalue weighted by atomic mass is 16.5. The van der Waals surface area contributed by atoms with Crippen molar-refractivity contribution in [3.05, 3.63) is 29.8 Å². The fourth-order valence-corrected chi connectivity index (χ4v) is 1.19. The maximum absolute atomic E-state index is 10.2. The number of benzene rings is 1. The molecule has 0 N–H and O–H groups in total. The Hall–Kier alpha value is -1.88. The van der Waals surface area contributed by atoms with Crippen molar-refractivity contribution in [2.45, 2.75) is 12.8 Å². The first-order chi connectivity index (χ1) is 7.88. The summed E-state index contributed by atoms with van der Waals surface area (Å²) in [4.78, 5) is 13.8. The molecule has 0 radical (unpaired) electrons. The second-order valence-electron chi connectivity index (χ2n) is 3.12. The third-order valence-corrected chi connectivity index (χ3v) is 1.94. The van der Waals surface area contributed by atoms with Crippen LogP contribution in [-0.4, -0.2) is 19.8 Å². The number of rotatable bonds is 4. The van der Waals surface area contributed by atoms with Crippen LogP contribution < -0.4 is 0 Å². The van der Waals surface area contributed by atoms with Crippen LogP contribution in [0.25, 0.3) is 0 Å². The van der Waals surface area contributed by atoms with E-state index in [1.807, 2.05) is 18.2 Å². The van der Waals surface area contributed by atoms with E-state index in [1.165, 1.54) is 6.08 Å². The van der Waals surface area contributed by atoms with E-state index in [-0.39, 0.29) is 0 Å². The lowest BCUT2D eigenvalue weighted by molar-refractivity contribution is 0.196. The molecule has 0 spiro atoms. The monoisotopic (exact) mass is 215 g/mol. The Bertz CT molecular complexity index is 437. The highest BCUT2D eigenvalue weighted by molar-refractivity contribution is 5.59. The SMILES string of the molecule is COCCCC#Cc1ccccc1N=C=O. The van der Waals surface area contributed by atoms with Gasteiger partial charge in [-0.3, -0.25) is 0 Å². The average molecular weight is 215 g/mol. The van der Waals surface area contributed by atoms with Gasteiger partial charge in [0.1, 0.15) is 0 Å². The number of hydrogen-bond donors (Lipinski definition) is 0. The average Bonchev–Trinajstić information content (AvgIpc) is 2.31. The number of carbonyl (C=O) groups excluding carboxylic acids is 1. The number of aliphatic imine (C=N–C) groups is 1. The van der Waals surface area contributed by atoms with Crippen molar-refractivity contribution >= 4 is 11.8 Å². The third kappa shape index (κ3) is 4.10. The molecular formula is C13H13NO2. The van der Waals surface area contributed by atoms with Crippen LogP contribution in [0.15, 0.2) is 29.3 Å². The minimum absolute atomic E-state index is 0.566. The van der Waals surface area contributed by atoms with Crippen molar-refractivity contribution in [1.82, 2.24) is 0 Å². The van der Waals surface area contributed by atoms with Crippen LogP contribution in [0.1, 0.15) is 18.4 Å². The number of isocyanates is 1. The van der Waals surface area contributed by atoms with Crippen LogP contribution in [0.5, 0.6) is 0 Å². The van der Waals surface area contributed by atoms with E-state index in [0.717, 1.165) is 18.4 Å². The molecule has 1 aromatic rings. The van der Waals surface area contributed by atoms with E-state index < -0.39 is 0 Å². The van der Waals surface area contributed by atoms with Gasteiger partial charge >= 0.3 is 0 Å². The quantitative estimate of drug-likeness (QED) is 0.335. The second kappa shape index (κ2) is 7.42. The second-order valence-corrected chi connectivity index (χ2v) is 3.12. The van der Waals surface area contributed by atoms with E-state index in [1.54, 1.807) is 13.2 Å². The molecule has 0 fully saturated rings. The van der Waals surface area contributed by atoms with Crippen molar-refractivity contribution in [1.29, 1.82) is 0 Å². The van der Waals surface area contributed by atoms with E-state index in [4.69, 9.17) is 4.74 Å². The molecule has 0 amide bonds. The van der Waals surface area contributed by atoms with Gasteiger partial charge in [-0.15, -0.1) is 0 Å². The first-order valence-corrected chi connectivity index (χ1v) is 5.03. The molecule has 3 nitrogen and oxygen atoms in total. The van der Waals surface area contributed by atoms with E-state index in [2.05, 4.69) is 16.8 Å². The van der Waals surface area contributed by atoms with E-state index in [0.29, 0.717) is 12.3 Å². The molecule has 0 aliphatic carbocycles. The van der Waals surface area contributed by atoms with E-state index >= 15 is 0 Å². The Kier molecular flexibility index (Phi) is 5.65. The van der Waals surface area contributed by atoms with Gasteiger partial charge in [-0.25, -0.2) is 4.79 Å². The highest BCUT2D eigenvalue weighted by Gasteiger charge is 1.94. The first-order valence-electron chi connectivity index (χ1n) is 5.03. The molecule has 0 saturated heterocycles. The molecule has 0 heterocycles. The van der Waals surface area contributed by atoms with Crippen LogP contribution in [0, 0.1) is 11.8 Å². The zero-order valence-electron chi connectivity index (χ0n) is 9.19. The summed E-state index contributed by atoms with van der Waals surface area (Å²) in [6, 6.07) is 7.25. The lowest BCUT2D eigenvalue weighted by Crippen LogP contribution is -1.85. The van der Waals surface area contributed by atoms with Crippen molar-refractivity contribution in [3.63, 3.8) is 0 Å². The lowest BCUT2D eigenvalue weighted by atomic mass is 10.2. The zero-order valence-corrected chi connectivity index (χ0v) is 9.19. The van der Waals surface area contributed by atoms with Gasteiger partial charge in [0.25, 0.3) is 0 Å². The Morgan fingerprint density at radius 2 is 2.19 bits per heavy atom. The van der Waals surface area contributed by atoms with Gasteiger partial charge in [0.05, 0.1) is 11.3 Å². The summed E-state index contributed by atoms with van der Waals surface area (Å²) in [5, 5.41) is 0. The summed E-state index contributed by atoms with van der Waals surface area (Å²) >= 11 is 0. The van der Waals surface area contributed by atoms with Crippen LogP contribution in [-0.2, 0) is 9.53 Å². The van der Waals surface area contributed by atoms with Crippen LogP contribution in [0.3, 0.4) is 0 Å². The van der Waals surface area contributed by atoms with Crippen molar-refractivity contribution in [2.75, 3.05) is 13.7 Å². The summed E-state index contributed by atoms with van der Waals surface area (Å²) in [5.41, 5.74) is 1.32. The van der Waals surface area contributed by atoms with Gasteiger partial charge in [0.2, 0.25) is 6.08 Å². The minimum atomic E-state index is 0.566. The molecule has 0 aromatic heterocycles. The maximum atomic E-state index is 10.2. The van der Waals surface area contributed by atoms with Gasteiger partial charge in [-0.1, -0.05) is 24.0 Å². The zero-order chi connectivity index (χ0) is 11.6. The summed E-state index contributed by atoms with van der Waals surface area (Å²) in [7, 11) is 1.67. The van der Waals surface area contributed by atoms with Crippen molar-refractivity contribution in [2.24, 2.45) is 4.99 Å². The third-order valence-electron chi connectivity index (χ3n) is 1.94. The topological polar surface area (TPSA) is 38.7 Å². The van der Waals surface area contributed by atoms with Crippen LogP contribution >= 0.6 is 0 Å². The molecule has 0 unspecified atom stereocenters. The Balaban J connectivity index is 2.68. The normalized spacial score (nSPS) is 8.81. The predicted molar refractivity (Wildman–Crippen MR) is 62.2 cm³/mol. The fourth-order valence-electron chi connectivity index (χ4n) is 1.19. The summed E-state index contributed by atoms with van der Waals surface area (Å²) in [5.74, 6) is 5.99. The number of hydrogen-bond acceptors (Lipinski definition) is 3. The van der Waals surface area contributed by atoms with Gasteiger partial charge in [0, 0.05) is 20.1 Å². The molecule has 0 aliphatic heterocycles. The molecule has 1 rings (SSSR count). The molecule has 0 aliphatic rings. The van der Waals surface area contributed by atoms with Crippen molar-refractivity contribution in [3.8, 4) is 11.8 Å². The summed E-state index contributed by atoms with van der Waals surface area (Å²) in [6.45, 7) is 0.711. The molecule has 1 aromatic carbocycles. The van der Waals surface area contributed by atoms with Crippen molar-refractivity contribution < 1.29 is 9.53 Å². The Morgan fingerprint density at radius 3 is 2.94 bits per heavy atom. The molecule has 0 saturated carbocycles.